The predicted molar refractivity (Wildman–Crippen MR) is 85.2 cm³/mol. The molecule has 1 fully saturated rings. The zero-order valence-corrected chi connectivity index (χ0v) is 14.2. The molecule has 6 nitrogen and oxygen atoms in total. The fourth-order valence-electron chi connectivity index (χ4n) is 2.98. The fraction of sp³-hybridized carbons (Fsp3) is 0.812. The Bertz CT molecular complexity index is 409. The molecule has 6 heteroatoms. The van der Waals surface area contributed by atoms with Crippen LogP contribution in [-0.2, 0) is 9.57 Å². The fourth-order valence-corrected chi connectivity index (χ4v) is 2.98. The molecular weight excluding hydrogens is 282 g/mol. The van der Waals surface area contributed by atoms with Crippen LogP contribution in [-0.4, -0.2) is 60.8 Å². The van der Waals surface area contributed by atoms with Crippen molar-refractivity contribution in [3.8, 4) is 0 Å². The summed E-state index contributed by atoms with van der Waals surface area (Å²) in [4.78, 5) is 21.3. The van der Waals surface area contributed by atoms with Crippen molar-refractivity contribution in [1.29, 1.82) is 0 Å². The topological polar surface area (TPSA) is 54.0 Å². The molecule has 0 aromatic carbocycles. The van der Waals surface area contributed by atoms with Crippen LogP contribution in [0.5, 0.6) is 0 Å². The second kappa shape index (κ2) is 7.33. The first-order chi connectivity index (χ1) is 10.4. The van der Waals surface area contributed by atoms with Gasteiger partial charge in [0.1, 0.15) is 5.60 Å². The molecule has 0 aliphatic carbocycles. The molecule has 1 amide bonds. The average Bonchev–Trinajstić information content (AvgIpc) is 2.47. The molecule has 0 aromatic rings. The van der Waals surface area contributed by atoms with E-state index in [-0.39, 0.29) is 6.09 Å². The van der Waals surface area contributed by atoms with E-state index in [1.54, 1.807) is 7.11 Å². The van der Waals surface area contributed by atoms with Crippen molar-refractivity contribution >= 4 is 6.09 Å². The van der Waals surface area contributed by atoms with Gasteiger partial charge in [0, 0.05) is 44.3 Å². The molecule has 1 saturated heterocycles. The Morgan fingerprint density at radius 3 is 2.45 bits per heavy atom. The summed E-state index contributed by atoms with van der Waals surface area (Å²) < 4.78 is 5.44. The molecule has 0 spiro atoms. The predicted octanol–water partition coefficient (Wildman–Crippen LogP) is 2.13. The number of amides is 1. The van der Waals surface area contributed by atoms with E-state index in [0.29, 0.717) is 6.04 Å². The maximum Gasteiger partial charge on any atom is 0.410 e. The Kier molecular flexibility index (Phi) is 5.69. The quantitative estimate of drug-likeness (QED) is 0.809. The highest BCUT2D eigenvalue weighted by Crippen LogP contribution is 2.21. The van der Waals surface area contributed by atoms with Crippen LogP contribution in [0.2, 0.25) is 0 Å². The lowest BCUT2D eigenvalue weighted by atomic mass is 10.0. The molecule has 126 valence electrons. The van der Waals surface area contributed by atoms with E-state index in [1.807, 2.05) is 25.7 Å². The molecule has 0 atom stereocenters. The van der Waals surface area contributed by atoms with E-state index in [2.05, 4.69) is 16.5 Å². The average molecular weight is 311 g/mol. The maximum atomic E-state index is 12.1. The normalized spacial score (nSPS) is 21.5. The third kappa shape index (κ3) is 4.88. The molecule has 22 heavy (non-hydrogen) atoms. The second-order valence-electron chi connectivity index (χ2n) is 6.98. The number of nitrogens with zero attached hydrogens (tertiary/aromatic N) is 2. The highest BCUT2D eigenvalue weighted by atomic mass is 16.6. The highest BCUT2D eigenvalue weighted by molar-refractivity contribution is 5.68. The van der Waals surface area contributed by atoms with Crippen LogP contribution < -0.4 is 5.48 Å². The van der Waals surface area contributed by atoms with Crippen LogP contribution in [0.4, 0.5) is 4.79 Å². The first kappa shape index (κ1) is 17.1. The largest absolute Gasteiger partial charge is 0.444 e. The molecule has 0 unspecified atom stereocenters. The third-order valence-electron chi connectivity index (χ3n) is 4.11. The van der Waals surface area contributed by atoms with Gasteiger partial charge in [-0.1, -0.05) is 0 Å². The first-order valence-corrected chi connectivity index (χ1v) is 8.09. The van der Waals surface area contributed by atoms with Crippen molar-refractivity contribution < 1.29 is 14.4 Å². The summed E-state index contributed by atoms with van der Waals surface area (Å²) in [6, 6.07) is 0.555. The minimum Gasteiger partial charge on any atom is -0.444 e. The van der Waals surface area contributed by atoms with E-state index in [4.69, 9.17) is 9.57 Å². The Morgan fingerprint density at radius 2 is 1.95 bits per heavy atom. The SMILES string of the molecule is CONC1=CCN(C2CCN(C(=O)OC(C)(C)C)CC2)CC1. The smallest absolute Gasteiger partial charge is 0.410 e. The minimum atomic E-state index is -0.420. The van der Waals surface area contributed by atoms with Gasteiger partial charge in [0.25, 0.3) is 0 Å². The van der Waals surface area contributed by atoms with Crippen LogP contribution in [0.3, 0.4) is 0 Å². The monoisotopic (exact) mass is 311 g/mol. The van der Waals surface area contributed by atoms with Crippen molar-refractivity contribution in [2.75, 3.05) is 33.3 Å². The number of nitrogens with one attached hydrogen (secondary N) is 1. The summed E-state index contributed by atoms with van der Waals surface area (Å²) >= 11 is 0. The first-order valence-electron chi connectivity index (χ1n) is 8.09. The number of piperidine rings is 1. The van der Waals surface area contributed by atoms with E-state index >= 15 is 0 Å². The molecule has 0 aromatic heterocycles. The van der Waals surface area contributed by atoms with Gasteiger partial charge in [0.15, 0.2) is 0 Å². The second-order valence-corrected chi connectivity index (χ2v) is 6.98. The molecular formula is C16H29N3O3. The highest BCUT2D eigenvalue weighted by Gasteiger charge is 2.29. The van der Waals surface area contributed by atoms with Crippen LogP contribution in [0.1, 0.15) is 40.0 Å². The third-order valence-corrected chi connectivity index (χ3v) is 4.11. The number of hydroxylamine groups is 1. The van der Waals surface area contributed by atoms with Crippen molar-refractivity contribution in [2.24, 2.45) is 0 Å². The molecule has 2 aliphatic heterocycles. The summed E-state index contributed by atoms with van der Waals surface area (Å²) in [5.41, 5.74) is 3.65. The van der Waals surface area contributed by atoms with Gasteiger partial charge in [0.2, 0.25) is 0 Å². The number of likely N-dealkylation sites (tertiary alicyclic amines) is 1. The van der Waals surface area contributed by atoms with E-state index in [0.717, 1.165) is 51.1 Å². The van der Waals surface area contributed by atoms with Crippen LogP contribution in [0.25, 0.3) is 0 Å². The molecule has 0 saturated carbocycles. The number of carbonyl (C=O) groups is 1. The van der Waals surface area contributed by atoms with Crippen molar-refractivity contribution in [3.05, 3.63) is 11.8 Å². The number of carbonyl (C=O) groups excluding carboxylic acids is 1. The van der Waals surface area contributed by atoms with Gasteiger partial charge in [0.05, 0.1) is 7.11 Å². The standard InChI is InChI=1S/C16H29N3O3/c1-16(2,3)22-15(20)19-11-7-14(8-12-19)18-9-5-13(6-10-18)17-21-4/h5,14,17H,6-12H2,1-4H3. The van der Waals surface area contributed by atoms with E-state index < -0.39 is 5.60 Å². The van der Waals surface area contributed by atoms with Crippen molar-refractivity contribution in [2.45, 2.75) is 51.7 Å². The summed E-state index contributed by atoms with van der Waals surface area (Å²) in [5, 5.41) is 0. The Balaban J connectivity index is 1.77. The summed E-state index contributed by atoms with van der Waals surface area (Å²) in [6.07, 6.45) is 5.02. The minimum absolute atomic E-state index is 0.184. The van der Waals surface area contributed by atoms with Gasteiger partial charge >= 0.3 is 6.09 Å². The van der Waals surface area contributed by atoms with Gasteiger partial charge in [-0.15, -0.1) is 0 Å². The maximum absolute atomic E-state index is 12.1. The van der Waals surface area contributed by atoms with E-state index in [9.17, 15) is 4.79 Å². The molecule has 2 rings (SSSR count). The summed E-state index contributed by atoms with van der Waals surface area (Å²) in [5.74, 6) is 0. The zero-order chi connectivity index (χ0) is 16.2. The number of hydrogen-bond donors (Lipinski definition) is 1. The lowest BCUT2D eigenvalue weighted by Crippen LogP contribution is -2.49. The summed E-state index contributed by atoms with van der Waals surface area (Å²) in [7, 11) is 1.64. The number of ether oxygens (including phenoxy) is 1. The molecule has 2 heterocycles. The van der Waals surface area contributed by atoms with Crippen LogP contribution in [0, 0.1) is 0 Å². The van der Waals surface area contributed by atoms with Crippen LogP contribution in [0.15, 0.2) is 11.8 Å². The van der Waals surface area contributed by atoms with Gasteiger partial charge in [-0.25, -0.2) is 4.79 Å². The Hall–Kier alpha value is -1.27. The van der Waals surface area contributed by atoms with Gasteiger partial charge in [-0.05, 0) is 39.7 Å². The lowest BCUT2D eigenvalue weighted by molar-refractivity contribution is 0.0144. The lowest BCUT2D eigenvalue weighted by Gasteiger charge is -2.39. The molecule has 0 bridgehead atoms. The number of rotatable bonds is 3. The van der Waals surface area contributed by atoms with Crippen molar-refractivity contribution in [3.63, 3.8) is 0 Å². The number of hydrogen-bond acceptors (Lipinski definition) is 5. The van der Waals surface area contributed by atoms with Gasteiger partial charge < -0.3 is 9.64 Å². The molecule has 0 radical (unpaired) electrons. The Morgan fingerprint density at radius 1 is 1.27 bits per heavy atom. The van der Waals surface area contributed by atoms with Gasteiger partial charge in [-0.3, -0.25) is 15.2 Å². The molecule has 1 N–H and O–H groups in total. The van der Waals surface area contributed by atoms with E-state index in [1.165, 1.54) is 0 Å². The molecule has 2 aliphatic rings. The Labute approximate surface area is 133 Å². The van der Waals surface area contributed by atoms with Gasteiger partial charge in [-0.2, -0.15) is 0 Å². The van der Waals surface area contributed by atoms with Crippen molar-refractivity contribution in [1.82, 2.24) is 15.3 Å². The zero-order valence-electron chi connectivity index (χ0n) is 14.2. The van der Waals surface area contributed by atoms with Crippen LogP contribution >= 0.6 is 0 Å². The summed E-state index contributed by atoms with van der Waals surface area (Å²) in [6.45, 7) is 9.27.